The number of fused-ring (bicyclic) bond motifs is 2. The number of halogens is 1. The lowest BCUT2D eigenvalue weighted by molar-refractivity contribution is -0.129. The van der Waals surface area contributed by atoms with Crippen LogP contribution in [0.4, 0.5) is 0 Å². The van der Waals surface area contributed by atoms with Gasteiger partial charge in [0.25, 0.3) is 0 Å². The SMILES string of the molecule is O=C1OC(c2ccccc2Br)=NC1=Cc1c2ccccc2cc2ccccc12. The number of nitrogens with zero attached hydrogens (tertiary/aromatic N) is 1. The van der Waals surface area contributed by atoms with Crippen LogP contribution in [0.2, 0.25) is 0 Å². The molecule has 4 heteroatoms. The summed E-state index contributed by atoms with van der Waals surface area (Å²) in [6.07, 6.45) is 1.83. The van der Waals surface area contributed by atoms with Crippen LogP contribution in [0.3, 0.4) is 0 Å². The van der Waals surface area contributed by atoms with Gasteiger partial charge in [-0.15, -0.1) is 0 Å². The van der Waals surface area contributed by atoms with Gasteiger partial charge in [-0.1, -0.05) is 60.7 Å². The highest BCUT2D eigenvalue weighted by molar-refractivity contribution is 9.10. The smallest absolute Gasteiger partial charge is 0.363 e. The van der Waals surface area contributed by atoms with Crippen molar-refractivity contribution in [1.82, 2.24) is 0 Å². The van der Waals surface area contributed by atoms with Crippen LogP contribution < -0.4 is 0 Å². The van der Waals surface area contributed by atoms with Gasteiger partial charge in [0, 0.05) is 4.47 Å². The van der Waals surface area contributed by atoms with E-state index in [1.165, 1.54) is 0 Å². The third-order valence-electron chi connectivity index (χ3n) is 4.82. The van der Waals surface area contributed by atoms with E-state index in [0.29, 0.717) is 11.6 Å². The second-order valence-corrected chi connectivity index (χ2v) is 7.40. The van der Waals surface area contributed by atoms with Crippen molar-refractivity contribution in [2.24, 2.45) is 4.99 Å². The normalized spacial score (nSPS) is 15.2. The predicted octanol–water partition coefficient (Wildman–Crippen LogP) is 6.10. The number of rotatable bonds is 2. The average Bonchev–Trinajstić information content (AvgIpc) is 3.08. The first kappa shape index (κ1) is 16.9. The molecule has 0 radical (unpaired) electrons. The third kappa shape index (κ3) is 2.83. The summed E-state index contributed by atoms with van der Waals surface area (Å²) in [7, 11) is 0. The van der Waals surface area contributed by atoms with Gasteiger partial charge in [-0.25, -0.2) is 9.79 Å². The standard InChI is InChI=1S/C24H14BrNO2/c25-21-12-6-5-11-19(21)23-26-22(24(27)28-23)14-20-17-9-3-1-7-15(17)13-16-8-2-4-10-18(16)20/h1-14H. The van der Waals surface area contributed by atoms with Gasteiger partial charge in [0.2, 0.25) is 5.90 Å². The Morgan fingerprint density at radius 1 is 0.821 bits per heavy atom. The van der Waals surface area contributed by atoms with E-state index in [1.807, 2.05) is 54.6 Å². The molecule has 1 aliphatic rings. The number of cyclic esters (lactones) is 1. The molecule has 4 aromatic carbocycles. The highest BCUT2D eigenvalue weighted by Gasteiger charge is 2.25. The Morgan fingerprint density at radius 3 is 2.11 bits per heavy atom. The molecule has 0 saturated heterocycles. The van der Waals surface area contributed by atoms with E-state index in [0.717, 1.165) is 37.1 Å². The zero-order valence-corrected chi connectivity index (χ0v) is 16.3. The topological polar surface area (TPSA) is 38.7 Å². The minimum Gasteiger partial charge on any atom is -0.402 e. The highest BCUT2D eigenvalue weighted by Crippen LogP contribution is 2.32. The van der Waals surface area contributed by atoms with E-state index >= 15 is 0 Å². The van der Waals surface area contributed by atoms with Crippen molar-refractivity contribution < 1.29 is 9.53 Å². The minimum absolute atomic E-state index is 0.298. The Morgan fingerprint density at radius 2 is 1.43 bits per heavy atom. The van der Waals surface area contributed by atoms with E-state index in [2.05, 4.69) is 51.3 Å². The first-order valence-electron chi connectivity index (χ1n) is 8.89. The summed E-state index contributed by atoms with van der Waals surface area (Å²) in [5.74, 6) is -0.129. The number of benzene rings is 4. The molecular formula is C24H14BrNO2. The Labute approximate surface area is 170 Å². The van der Waals surface area contributed by atoms with Crippen LogP contribution in [0.5, 0.6) is 0 Å². The first-order chi connectivity index (χ1) is 13.7. The molecule has 0 atom stereocenters. The van der Waals surface area contributed by atoms with E-state index in [1.54, 1.807) is 0 Å². The number of carbonyl (C=O) groups excluding carboxylic acids is 1. The quantitative estimate of drug-likeness (QED) is 0.220. The molecule has 1 heterocycles. The maximum absolute atomic E-state index is 12.5. The maximum atomic E-state index is 12.5. The summed E-state index contributed by atoms with van der Waals surface area (Å²) in [5.41, 5.74) is 2.02. The van der Waals surface area contributed by atoms with Crippen LogP contribution in [-0.4, -0.2) is 11.9 Å². The van der Waals surface area contributed by atoms with Crippen molar-refractivity contribution in [2.75, 3.05) is 0 Å². The third-order valence-corrected chi connectivity index (χ3v) is 5.51. The van der Waals surface area contributed by atoms with Gasteiger partial charge in [0.15, 0.2) is 5.70 Å². The number of hydrogen-bond acceptors (Lipinski definition) is 3. The van der Waals surface area contributed by atoms with Crippen LogP contribution in [0, 0.1) is 0 Å². The molecule has 28 heavy (non-hydrogen) atoms. The van der Waals surface area contributed by atoms with Gasteiger partial charge < -0.3 is 4.74 Å². The Hall–Kier alpha value is -3.24. The van der Waals surface area contributed by atoms with Crippen LogP contribution in [-0.2, 0) is 9.53 Å². The van der Waals surface area contributed by atoms with Crippen LogP contribution in [0.1, 0.15) is 11.1 Å². The number of hydrogen-bond donors (Lipinski definition) is 0. The van der Waals surface area contributed by atoms with Gasteiger partial charge >= 0.3 is 5.97 Å². The molecule has 4 aromatic rings. The van der Waals surface area contributed by atoms with Gasteiger partial charge in [-0.2, -0.15) is 0 Å². The van der Waals surface area contributed by atoms with Crippen molar-refractivity contribution in [3.63, 3.8) is 0 Å². The molecule has 5 rings (SSSR count). The van der Waals surface area contributed by atoms with Crippen molar-refractivity contribution >= 4 is 55.4 Å². The summed E-state index contributed by atoms with van der Waals surface area (Å²) < 4.78 is 6.28. The van der Waals surface area contributed by atoms with Gasteiger partial charge in [0.05, 0.1) is 5.56 Å². The lowest BCUT2D eigenvalue weighted by Crippen LogP contribution is -2.05. The molecule has 0 aromatic heterocycles. The molecule has 0 unspecified atom stereocenters. The fourth-order valence-electron chi connectivity index (χ4n) is 3.50. The molecule has 1 aliphatic heterocycles. The van der Waals surface area contributed by atoms with Crippen LogP contribution in [0.15, 0.2) is 94.0 Å². The van der Waals surface area contributed by atoms with Crippen molar-refractivity contribution in [3.05, 3.63) is 100 Å². The van der Waals surface area contributed by atoms with Crippen molar-refractivity contribution in [3.8, 4) is 0 Å². The second-order valence-electron chi connectivity index (χ2n) is 6.55. The molecular weight excluding hydrogens is 414 g/mol. The second kappa shape index (κ2) is 6.73. The lowest BCUT2D eigenvalue weighted by Gasteiger charge is -2.08. The van der Waals surface area contributed by atoms with Crippen molar-refractivity contribution in [2.45, 2.75) is 0 Å². The molecule has 0 spiro atoms. The van der Waals surface area contributed by atoms with Crippen molar-refractivity contribution in [1.29, 1.82) is 0 Å². The largest absolute Gasteiger partial charge is 0.402 e. The predicted molar refractivity (Wildman–Crippen MR) is 116 cm³/mol. The fourth-order valence-corrected chi connectivity index (χ4v) is 3.95. The van der Waals surface area contributed by atoms with E-state index in [4.69, 9.17) is 4.74 Å². The number of ether oxygens (including phenoxy) is 1. The molecule has 0 N–H and O–H groups in total. The number of carbonyl (C=O) groups is 1. The molecule has 0 amide bonds. The molecule has 0 bridgehead atoms. The maximum Gasteiger partial charge on any atom is 0.363 e. The Balaban J connectivity index is 1.73. The minimum atomic E-state index is -0.442. The molecule has 0 saturated carbocycles. The summed E-state index contributed by atoms with van der Waals surface area (Å²) in [5, 5.41) is 4.39. The Bertz CT molecular complexity index is 1270. The summed E-state index contributed by atoms with van der Waals surface area (Å²) in [6.45, 7) is 0. The monoisotopic (exact) mass is 427 g/mol. The molecule has 0 aliphatic carbocycles. The van der Waals surface area contributed by atoms with Gasteiger partial charge in [0.1, 0.15) is 0 Å². The van der Waals surface area contributed by atoms with E-state index < -0.39 is 5.97 Å². The van der Waals surface area contributed by atoms with E-state index in [-0.39, 0.29) is 0 Å². The summed E-state index contributed by atoms with van der Waals surface area (Å²) >= 11 is 3.49. The zero-order valence-electron chi connectivity index (χ0n) is 14.7. The van der Waals surface area contributed by atoms with Crippen LogP contribution in [0.25, 0.3) is 27.6 Å². The fraction of sp³-hybridized carbons (Fsp3) is 0. The molecule has 3 nitrogen and oxygen atoms in total. The summed E-state index contributed by atoms with van der Waals surface area (Å²) in [6, 6.07) is 26.0. The highest BCUT2D eigenvalue weighted by atomic mass is 79.9. The van der Waals surface area contributed by atoms with Crippen LogP contribution >= 0.6 is 15.9 Å². The average molecular weight is 428 g/mol. The lowest BCUT2D eigenvalue weighted by atomic mass is 9.96. The molecule has 134 valence electrons. The first-order valence-corrected chi connectivity index (χ1v) is 9.68. The van der Waals surface area contributed by atoms with Gasteiger partial charge in [-0.05, 0) is 67.3 Å². The van der Waals surface area contributed by atoms with E-state index in [9.17, 15) is 4.79 Å². The number of aliphatic imine (C=N–C) groups is 1. The number of esters is 1. The zero-order chi connectivity index (χ0) is 19.1. The Kier molecular flexibility index (Phi) is 4.06. The van der Waals surface area contributed by atoms with Gasteiger partial charge in [-0.3, -0.25) is 0 Å². The molecule has 0 fully saturated rings. The summed E-state index contributed by atoms with van der Waals surface area (Å²) in [4.78, 5) is 17.0.